The Bertz CT molecular complexity index is 502. The Morgan fingerprint density at radius 1 is 1.44 bits per heavy atom. The average molecular weight is 214 g/mol. The van der Waals surface area contributed by atoms with Crippen molar-refractivity contribution in [2.75, 3.05) is 5.32 Å². The Balaban J connectivity index is 2.36. The van der Waals surface area contributed by atoms with Crippen molar-refractivity contribution >= 4 is 11.9 Å². The van der Waals surface area contributed by atoms with Gasteiger partial charge in [-0.25, -0.2) is 4.98 Å². The molecule has 0 aliphatic rings. The van der Waals surface area contributed by atoms with Gasteiger partial charge in [-0.05, 0) is 13.0 Å². The average Bonchev–Trinajstić information content (AvgIpc) is 2.60. The van der Waals surface area contributed by atoms with Gasteiger partial charge in [0.15, 0.2) is 0 Å². The summed E-state index contributed by atoms with van der Waals surface area (Å²) >= 11 is 0. The third-order valence-corrected chi connectivity index (χ3v) is 2.17. The van der Waals surface area contributed by atoms with Crippen LogP contribution in [0.3, 0.4) is 0 Å². The van der Waals surface area contributed by atoms with Crippen molar-refractivity contribution in [3.8, 4) is 11.3 Å². The van der Waals surface area contributed by atoms with E-state index in [-0.39, 0.29) is 5.91 Å². The van der Waals surface area contributed by atoms with E-state index in [9.17, 15) is 4.79 Å². The molecule has 4 heteroatoms. The molecule has 1 aromatic carbocycles. The first-order valence-corrected chi connectivity index (χ1v) is 4.97. The fourth-order valence-electron chi connectivity index (χ4n) is 1.51. The largest absolute Gasteiger partial charge is 0.328 e. The second-order valence-electron chi connectivity index (χ2n) is 3.53. The van der Waals surface area contributed by atoms with Gasteiger partial charge in [0.2, 0.25) is 11.9 Å². The highest BCUT2D eigenvalue weighted by Gasteiger charge is 2.08. The number of hydrogen-bond donors (Lipinski definition) is 2. The number of H-pyrrole nitrogens is 1. The Morgan fingerprint density at radius 2 is 2.12 bits per heavy atom. The summed E-state index contributed by atoms with van der Waals surface area (Å²) in [6.07, 6.45) is 0. The lowest BCUT2D eigenvalue weighted by molar-refractivity contribution is -0.114. The Morgan fingerprint density at radius 3 is 2.75 bits per heavy atom. The maximum absolute atomic E-state index is 10.9. The van der Waals surface area contributed by atoms with Crippen LogP contribution in [0.4, 0.5) is 5.95 Å². The van der Waals surface area contributed by atoms with E-state index in [2.05, 4.69) is 21.4 Å². The molecule has 2 aromatic rings. The summed E-state index contributed by atoms with van der Waals surface area (Å²) in [6.45, 7) is 3.37. The molecule has 0 unspecified atom stereocenters. The molecular weight excluding hydrogens is 202 g/mol. The van der Waals surface area contributed by atoms with Gasteiger partial charge in [-0.3, -0.25) is 10.1 Å². The standard InChI is InChI=1S/C12H12N3O/c1-8-11(10-6-4-3-5-7-10)15-12(13-8)14-9(2)16/h4-7H,1-2H3,(H2,13,14,15,16). The molecule has 0 spiro atoms. The summed E-state index contributed by atoms with van der Waals surface area (Å²) in [5, 5.41) is 2.62. The SMILES string of the molecule is CC(=O)Nc1nc(-c2cc[c]cc2)c(C)[nH]1. The normalized spacial score (nSPS) is 10.1. The van der Waals surface area contributed by atoms with Crippen molar-refractivity contribution in [2.24, 2.45) is 0 Å². The van der Waals surface area contributed by atoms with Crippen LogP contribution in [-0.4, -0.2) is 15.9 Å². The summed E-state index contributed by atoms with van der Waals surface area (Å²) in [4.78, 5) is 18.2. The number of anilines is 1. The van der Waals surface area contributed by atoms with E-state index in [1.165, 1.54) is 6.92 Å². The van der Waals surface area contributed by atoms with Crippen LogP contribution in [0.15, 0.2) is 24.3 Å². The lowest BCUT2D eigenvalue weighted by Crippen LogP contribution is -2.06. The molecule has 2 rings (SSSR count). The van der Waals surface area contributed by atoms with Crippen LogP contribution in [0, 0.1) is 13.0 Å². The highest BCUT2D eigenvalue weighted by atomic mass is 16.1. The van der Waals surface area contributed by atoms with Gasteiger partial charge in [-0.1, -0.05) is 24.3 Å². The Hall–Kier alpha value is -2.10. The number of carbonyl (C=O) groups excluding carboxylic acids is 1. The van der Waals surface area contributed by atoms with Gasteiger partial charge in [0.05, 0.1) is 5.69 Å². The van der Waals surface area contributed by atoms with E-state index in [1.807, 2.05) is 31.2 Å². The second-order valence-corrected chi connectivity index (χ2v) is 3.53. The molecule has 0 atom stereocenters. The second kappa shape index (κ2) is 4.18. The molecule has 4 nitrogen and oxygen atoms in total. The van der Waals surface area contributed by atoms with Crippen molar-refractivity contribution < 1.29 is 4.79 Å². The molecule has 1 aromatic heterocycles. The fraction of sp³-hybridized carbons (Fsp3) is 0.167. The van der Waals surface area contributed by atoms with Crippen LogP contribution in [0.1, 0.15) is 12.6 Å². The van der Waals surface area contributed by atoms with E-state index in [1.54, 1.807) is 0 Å². The monoisotopic (exact) mass is 214 g/mol. The first kappa shape index (κ1) is 10.4. The highest BCUT2D eigenvalue weighted by Crippen LogP contribution is 2.21. The number of aromatic amines is 1. The van der Waals surface area contributed by atoms with Gasteiger partial charge < -0.3 is 4.98 Å². The molecule has 0 aliphatic carbocycles. The zero-order valence-corrected chi connectivity index (χ0v) is 9.16. The molecular formula is C12H12N3O. The molecule has 1 heterocycles. The zero-order chi connectivity index (χ0) is 11.5. The molecule has 0 saturated carbocycles. The third-order valence-electron chi connectivity index (χ3n) is 2.17. The third kappa shape index (κ3) is 2.11. The first-order valence-electron chi connectivity index (χ1n) is 4.97. The maximum Gasteiger partial charge on any atom is 0.223 e. The highest BCUT2D eigenvalue weighted by molar-refractivity contribution is 5.87. The van der Waals surface area contributed by atoms with Gasteiger partial charge in [-0.2, -0.15) is 0 Å². The molecule has 0 aliphatic heterocycles. The van der Waals surface area contributed by atoms with Crippen LogP contribution >= 0.6 is 0 Å². The predicted molar refractivity (Wildman–Crippen MR) is 61.9 cm³/mol. The number of aromatic nitrogens is 2. The first-order chi connectivity index (χ1) is 7.66. The fourth-order valence-corrected chi connectivity index (χ4v) is 1.51. The lowest BCUT2D eigenvalue weighted by Gasteiger charge is -1.96. The maximum atomic E-state index is 10.9. The number of carbonyl (C=O) groups is 1. The van der Waals surface area contributed by atoms with Crippen LogP contribution in [0.25, 0.3) is 11.3 Å². The predicted octanol–water partition coefficient (Wildman–Crippen LogP) is 2.14. The molecule has 2 N–H and O–H groups in total. The molecule has 0 saturated heterocycles. The number of nitrogens with one attached hydrogen (secondary N) is 2. The molecule has 0 fully saturated rings. The van der Waals surface area contributed by atoms with Gasteiger partial charge >= 0.3 is 0 Å². The number of nitrogens with zero attached hydrogens (tertiary/aromatic N) is 1. The van der Waals surface area contributed by atoms with E-state index >= 15 is 0 Å². The minimum absolute atomic E-state index is 0.137. The topological polar surface area (TPSA) is 57.8 Å². The molecule has 1 amide bonds. The summed E-state index contributed by atoms with van der Waals surface area (Å²) < 4.78 is 0. The van der Waals surface area contributed by atoms with Crippen molar-refractivity contribution in [1.82, 2.24) is 9.97 Å². The number of amides is 1. The van der Waals surface area contributed by atoms with Gasteiger partial charge in [0, 0.05) is 18.2 Å². The Kier molecular flexibility index (Phi) is 2.72. The van der Waals surface area contributed by atoms with Crippen molar-refractivity contribution in [3.05, 3.63) is 36.0 Å². The smallest absolute Gasteiger partial charge is 0.223 e. The van der Waals surface area contributed by atoms with Gasteiger partial charge in [-0.15, -0.1) is 0 Å². The minimum atomic E-state index is -0.137. The quantitative estimate of drug-likeness (QED) is 0.804. The van der Waals surface area contributed by atoms with Crippen LogP contribution in [0.2, 0.25) is 0 Å². The summed E-state index contributed by atoms with van der Waals surface area (Å²) in [5.74, 6) is 0.342. The number of imidazole rings is 1. The molecule has 81 valence electrons. The summed E-state index contributed by atoms with van der Waals surface area (Å²) in [6, 6.07) is 10.5. The molecule has 16 heavy (non-hydrogen) atoms. The zero-order valence-electron chi connectivity index (χ0n) is 9.16. The van der Waals surface area contributed by atoms with Crippen LogP contribution in [-0.2, 0) is 4.79 Å². The lowest BCUT2D eigenvalue weighted by atomic mass is 10.1. The van der Waals surface area contributed by atoms with E-state index in [4.69, 9.17) is 0 Å². The number of hydrogen-bond acceptors (Lipinski definition) is 2. The molecule has 0 bridgehead atoms. The van der Waals surface area contributed by atoms with E-state index in [0.29, 0.717) is 5.95 Å². The van der Waals surface area contributed by atoms with E-state index < -0.39 is 0 Å². The van der Waals surface area contributed by atoms with Gasteiger partial charge in [0.1, 0.15) is 0 Å². The molecule has 1 radical (unpaired) electrons. The number of rotatable bonds is 2. The van der Waals surface area contributed by atoms with Crippen LogP contribution in [0.5, 0.6) is 0 Å². The summed E-state index contributed by atoms with van der Waals surface area (Å²) in [5.41, 5.74) is 2.77. The van der Waals surface area contributed by atoms with Crippen molar-refractivity contribution in [1.29, 1.82) is 0 Å². The van der Waals surface area contributed by atoms with Crippen LogP contribution < -0.4 is 5.32 Å². The summed E-state index contributed by atoms with van der Waals surface area (Å²) in [7, 11) is 0. The number of aryl methyl sites for hydroxylation is 1. The Labute approximate surface area is 93.7 Å². The minimum Gasteiger partial charge on any atom is -0.328 e. The number of benzene rings is 1. The van der Waals surface area contributed by atoms with Crippen molar-refractivity contribution in [3.63, 3.8) is 0 Å². The van der Waals surface area contributed by atoms with Crippen molar-refractivity contribution in [2.45, 2.75) is 13.8 Å². The van der Waals surface area contributed by atoms with Gasteiger partial charge in [0.25, 0.3) is 0 Å². The van der Waals surface area contributed by atoms with E-state index in [0.717, 1.165) is 17.0 Å².